The van der Waals surface area contributed by atoms with Gasteiger partial charge in [-0.1, -0.05) is 43.0 Å². The van der Waals surface area contributed by atoms with Gasteiger partial charge in [-0.15, -0.1) is 0 Å². The second kappa shape index (κ2) is 16.0. The predicted molar refractivity (Wildman–Crippen MR) is 218 cm³/mol. The molecule has 0 unspecified atom stereocenters. The van der Waals surface area contributed by atoms with E-state index in [-0.39, 0.29) is 0 Å². The molecular weight excluding hydrogens is 701 g/mol. The van der Waals surface area contributed by atoms with E-state index in [2.05, 4.69) is 90.3 Å². The fourth-order valence-electron chi connectivity index (χ4n) is 7.35. The third-order valence-electron chi connectivity index (χ3n) is 10.5. The van der Waals surface area contributed by atoms with E-state index in [0.29, 0.717) is 51.5 Å². The van der Waals surface area contributed by atoms with Gasteiger partial charge in [-0.3, -0.25) is 19.2 Å². The normalized spacial score (nSPS) is 16.0. The van der Waals surface area contributed by atoms with Gasteiger partial charge in [-0.25, -0.2) is 13.4 Å². The third-order valence-corrected chi connectivity index (χ3v) is 11.6. The largest absolute Gasteiger partial charge is 0.494 e. The molecule has 0 amide bonds. The highest BCUT2D eigenvalue weighted by Crippen LogP contribution is 2.39. The Morgan fingerprint density at radius 2 is 1.69 bits per heavy atom. The smallest absolute Gasteiger partial charge is 0.232 e. The van der Waals surface area contributed by atoms with Crippen molar-refractivity contribution in [2.45, 2.75) is 25.3 Å². The lowest BCUT2D eigenvalue weighted by Gasteiger charge is -2.43. The molecule has 4 heterocycles. The Morgan fingerprint density at radius 1 is 0.944 bits per heavy atom. The van der Waals surface area contributed by atoms with Gasteiger partial charge in [0.25, 0.3) is 0 Å². The summed E-state index contributed by atoms with van der Waals surface area (Å²) >= 11 is 0. The third kappa shape index (κ3) is 8.10. The summed E-state index contributed by atoms with van der Waals surface area (Å²) in [6.45, 7) is 10.5. The van der Waals surface area contributed by atoms with Crippen LogP contribution in [0.4, 0.5) is 34.5 Å². The molecular formula is C40H48N10O3S. The highest BCUT2D eigenvalue weighted by molar-refractivity contribution is 7.92. The summed E-state index contributed by atoms with van der Waals surface area (Å²) in [6, 6.07) is 18.9. The summed E-state index contributed by atoms with van der Waals surface area (Å²) in [6.07, 6.45) is 10.6. The molecule has 282 valence electrons. The summed E-state index contributed by atoms with van der Waals surface area (Å²) in [5.74, 6) is 1.43. The maximum absolute atomic E-state index is 12.8. The molecule has 2 aliphatic rings. The molecule has 2 fully saturated rings. The lowest BCUT2D eigenvalue weighted by molar-refractivity contribution is 0.0982. The fourth-order valence-corrected chi connectivity index (χ4v) is 7.86. The van der Waals surface area contributed by atoms with Crippen molar-refractivity contribution in [2.24, 2.45) is 0 Å². The van der Waals surface area contributed by atoms with Crippen molar-refractivity contribution in [3.63, 3.8) is 0 Å². The molecule has 0 spiro atoms. The number of anilines is 6. The lowest BCUT2D eigenvalue weighted by atomic mass is 9.97. The van der Waals surface area contributed by atoms with Crippen LogP contribution in [0.2, 0.25) is 0 Å². The number of aromatic nitrogens is 4. The van der Waals surface area contributed by atoms with Gasteiger partial charge in [0.1, 0.15) is 22.8 Å². The van der Waals surface area contributed by atoms with Gasteiger partial charge in [0.05, 0.1) is 30.3 Å². The zero-order chi connectivity index (χ0) is 37.8. The number of nitrogens with zero attached hydrogens (tertiary/aromatic N) is 8. The zero-order valence-corrected chi connectivity index (χ0v) is 32.2. The minimum absolute atomic E-state index is 0.325. The van der Waals surface area contributed by atoms with E-state index >= 15 is 0 Å². The molecule has 54 heavy (non-hydrogen) atoms. The SMILES string of the molecule is C=Cc1cnc(Nc2cc(Cc3ccccc3)c(N3CCC(N4CCN(C)CC4)CC3)cc2OC)nc1Nc1ccc2nccnc2c1N(C)S(C)(=O)=O. The first-order chi connectivity index (χ1) is 26.1. The molecule has 5 aromatic rings. The number of methoxy groups -OCH3 is 1. The van der Waals surface area contributed by atoms with E-state index in [1.807, 2.05) is 6.07 Å². The molecule has 2 N–H and O–H groups in total. The second-order valence-electron chi connectivity index (χ2n) is 14.0. The van der Waals surface area contributed by atoms with Crippen LogP contribution in [0.15, 0.2) is 79.8 Å². The molecule has 7 rings (SSSR count). The van der Waals surface area contributed by atoms with Gasteiger partial charge in [0.2, 0.25) is 16.0 Å². The van der Waals surface area contributed by atoms with E-state index in [1.165, 1.54) is 34.4 Å². The first-order valence-electron chi connectivity index (χ1n) is 18.2. The van der Waals surface area contributed by atoms with Gasteiger partial charge in [0, 0.05) is 88.3 Å². The highest BCUT2D eigenvalue weighted by Gasteiger charge is 2.28. The average Bonchev–Trinajstić information content (AvgIpc) is 3.18. The molecule has 0 radical (unpaired) electrons. The van der Waals surface area contributed by atoms with Crippen LogP contribution in [0.5, 0.6) is 5.75 Å². The molecule has 2 aliphatic heterocycles. The van der Waals surface area contributed by atoms with Crippen LogP contribution in [0.1, 0.15) is 29.5 Å². The van der Waals surface area contributed by atoms with Crippen LogP contribution >= 0.6 is 0 Å². The minimum Gasteiger partial charge on any atom is -0.494 e. The van der Waals surface area contributed by atoms with Crippen LogP contribution in [-0.2, 0) is 16.4 Å². The molecule has 14 heteroatoms. The molecule has 2 aromatic heterocycles. The fraction of sp³-hybridized carbons (Fsp3) is 0.350. The Hall–Kier alpha value is -5.31. The number of ether oxygens (including phenoxy) is 1. The van der Waals surface area contributed by atoms with Gasteiger partial charge < -0.3 is 25.2 Å². The number of nitrogens with one attached hydrogen (secondary N) is 2. The van der Waals surface area contributed by atoms with E-state index in [4.69, 9.17) is 9.72 Å². The monoisotopic (exact) mass is 748 g/mol. The van der Waals surface area contributed by atoms with Crippen molar-refractivity contribution < 1.29 is 13.2 Å². The molecule has 2 saturated heterocycles. The topological polar surface area (TPSA) is 132 Å². The van der Waals surface area contributed by atoms with E-state index < -0.39 is 10.0 Å². The van der Waals surface area contributed by atoms with E-state index in [0.717, 1.165) is 70.5 Å². The number of rotatable bonds is 12. The Kier molecular flexibility index (Phi) is 10.9. The summed E-state index contributed by atoms with van der Waals surface area (Å²) in [4.78, 5) is 25.9. The summed E-state index contributed by atoms with van der Waals surface area (Å²) in [5, 5.41) is 6.76. The van der Waals surface area contributed by atoms with Crippen molar-refractivity contribution in [3.05, 3.63) is 96.5 Å². The predicted octanol–water partition coefficient (Wildman–Crippen LogP) is 5.76. The summed E-state index contributed by atoms with van der Waals surface area (Å²) < 4.78 is 32.7. The number of piperidine rings is 1. The van der Waals surface area contributed by atoms with Crippen LogP contribution in [0, 0.1) is 0 Å². The van der Waals surface area contributed by atoms with Crippen LogP contribution in [0.3, 0.4) is 0 Å². The Balaban J connectivity index is 1.20. The van der Waals surface area contributed by atoms with Crippen LogP contribution in [0.25, 0.3) is 17.1 Å². The first-order valence-corrected chi connectivity index (χ1v) is 20.1. The van der Waals surface area contributed by atoms with Crippen molar-refractivity contribution in [2.75, 3.05) is 86.6 Å². The maximum atomic E-state index is 12.8. The highest BCUT2D eigenvalue weighted by atomic mass is 32.2. The Bertz CT molecular complexity index is 2220. The van der Waals surface area contributed by atoms with Crippen LogP contribution < -0.4 is 24.6 Å². The molecule has 3 aromatic carbocycles. The van der Waals surface area contributed by atoms with E-state index in [9.17, 15) is 8.42 Å². The molecule has 0 atom stereocenters. The van der Waals surface area contributed by atoms with Gasteiger partial charge in [0.15, 0.2) is 0 Å². The number of sulfonamides is 1. The van der Waals surface area contributed by atoms with Gasteiger partial charge >= 0.3 is 0 Å². The minimum atomic E-state index is -3.64. The number of benzene rings is 3. The lowest BCUT2D eigenvalue weighted by Crippen LogP contribution is -2.52. The number of likely N-dealkylation sites (N-methyl/N-ethyl adjacent to an activating group) is 1. The molecule has 0 bridgehead atoms. The molecule has 13 nitrogen and oxygen atoms in total. The second-order valence-corrected chi connectivity index (χ2v) is 16.0. The van der Waals surface area contributed by atoms with Crippen molar-refractivity contribution in [1.29, 1.82) is 0 Å². The first kappa shape index (κ1) is 37.0. The standard InChI is InChI=1S/C40H48N10O3S/c1-6-29-27-43-40(46-39(29)44-33-13-12-32-37(42-17-16-41-32)38(33)48(3)54(5,51)52)45-34-25-30(24-28-10-8-7-9-11-28)35(26-36(34)53-4)50-18-14-31(15-19-50)49-22-20-47(2)21-23-49/h6-13,16-17,25-27,31H,1,14-15,18-24H2,2-5H3,(H2,43,44,45,46). The Labute approximate surface area is 317 Å². The molecule has 0 saturated carbocycles. The number of hydrogen-bond acceptors (Lipinski definition) is 12. The summed E-state index contributed by atoms with van der Waals surface area (Å²) in [7, 11) is 1.73. The van der Waals surface area contributed by atoms with Crippen LogP contribution in [-0.4, -0.2) is 111 Å². The summed E-state index contributed by atoms with van der Waals surface area (Å²) in [5.41, 5.74) is 6.74. The van der Waals surface area contributed by atoms with Crippen molar-refractivity contribution >= 4 is 61.6 Å². The quantitative estimate of drug-likeness (QED) is 0.161. The average molecular weight is 749 g/mol. The maximum Gasteiger partial charge on any atom is 0.232 e. The zero-order valence-electron chi connectivity index (χ0n) is 31.4. The number of fused-ring (bicyclic) bond motifs is 1. The Morgan fingerprint density at radius 3 is 2.39 bits per heavy atom. The number of hydrogen-bond donors (Lipinski definition) is 2. The number of piperazine rings is 1. The van der Waals surface area contributed by atoms with Crippen molar-refractivity contribution in [1.82, 2.24) is 29.7 Å². The van der Waals surface area contributed by atoms with Gasteiger partial charge in [-0.2, -0.15) is 4.98 Å². The van der Waals surface area contributed by atoms with Crippen molar-refractivity contribution in [3.8, 4) is 5.75 Å². The van der Waals surface area contributed by atoms with E-state index in [1.54, 1.807) is 37.7 Å². The van der Waals surface area contributed by atoms with Gasteiger partial charge in [-0.05, 0) is 55.6 Å². The molecule has 0 aliphatic carbocycles.